The van der Waals surface area contributed by atoms with Gasteiger partial charge in [0.15, 0.2) is 0 Å². The molecule has 6 heteroatoms. The number of halogens is 1. The number of benzene rings is 2. The van der Waals surface area contributed by atoms with Crippen molar-refractivity contribution < 1.29 is 18.4 Å². The molecule has 1 aliphatic rings. The van der Waals surface area contributed by atoms with Gasteiger partial charge in [-0.1, -0.05) is 30.3 Å². The molecule has 0 unspecified atom stereocenters. The highest BCUT2D eigenvalue weighted by Crippen LogP contribution is 2.34. The smallest absolute Gasteiger partial charge is 0.278 e. The first kappa shape index (κ1) is 17.7. The second-order valence-corrected chi connectivity index (χ2v) is 6.40. The minimum absolute atomic E-state index is 0.0293. The van der Waals surface area contributed by atoms with Crippen molar-refractivity contribution in [2.45, 2.75) is 6.54 Å². The molecule has 140 valence electrons. The van der Waals surface area contributed by atoms with Gasteiger partial charge in [0.05, 0.1) is 18.4 Å². The summed E-state index contributed by atoms with van der Waals surface area (Å²) in [6.07, 6.45) is 1.49. The van der Waals surface area contributed by atoms with Gasteiger partial charge in [-0.05, 0) is 42.0 Å². The number of carbonyl (C=O) groups is 2. The predicted molar refractivity (Wildman–Crippen MR) is 102 cm³/mol. The van der Waals surface area contributed by atoms with Crippen LogP contribution in [0.2, 0.25) is 0 Å². The van der Waals surface area contributed by atoms with E-state index < -0.39 is 17.6 Å². The summed E-state index contributed by atoms with van der Waals surface area (Å²) in [5.74, 6) is -0.770. The first-order valence-corrected chi connectivity index (χ1v) is 8.74. The van der Waals surface area contributed by atoms with E-state index in [1.165, 1.54) is 30.5 Å². The fourth-order valence-corrected chi connectivity index (χ4v) is 3.23. The van der Waals surface area contributed by atoms with Crippen LogP contribution in [0.15, 0.2) is 83.1 Å². The normalized spacial score (nSPS) is 14.1. The summed E-state index contributed by atoms with van der Waals surface area (Å²) in [7, 11) is 1.73. The van der Waals surface area contributed by atoms with Crippen LogP contribution in [0.4, 0.5) is 10.1 Å². The fraction of sp³-hybridized carbons (Fsp3) is 0.0909. The van der Waals surface area contributed by atoms with E-state index >= 15 is 0 Å². The Morgan fingerprint density at radius 2 is 1.64 bits per heavy atom. The number of hydrogen-bond acceptors (Lipinski definition) is 4. The van der Waals surface area contributed by atoms with E-state index in [2.05, 4.69) is 0 Å². The zero-order chi connectivity index (χ0) is 19.7. The van der Waals surface area contributed by atoms with Crippen molar-refractivity contribution in [2.24, 2.45) is 0 Å². The Labute approximate surface area is 161 Å². The van der Waals surface area contributed by atoms with Gasteiger partial charge >= 0.3 is 0 Å². The number of hydrogen-bond donors (Lipinski definition) is 0. The molecule has 2 aromatic carbocycles. The average Bonchev–Trinajstić information content (AvgIpc) is 3.31. The Morgan fingerprint density at radius 1 is 0.929 bits per heavy atom. The molecule has 0 spiro atoms. The topological polar surface area (TPSA) is 53.8 Å². The predicted octanol–water partition coefficient (Wildman–Crippen LogP) is 3.84. The fourth-order valence-electron chi connectivity index (χ4n) is 3.23. The second kappa shape index (κ2) is 7.15. The summed E-state index contributed by atoms with van der Waals surface area (Å²) >= 11 is 0. The zero-order valence-electron chi connectivity index (χ0n) is 15.1. The molecular formula is C22H17FN2O3. The lowest BCUT2D eigenvalue weighted by atomic mass is 10.0. The summed E-state index contributed by atoms with van der Waals surface area (Å²) in [6.45, 7) is 0.0293. The zero-order valence-corrected chi connectivity index (χ0v) is 15.1. The average molecular weight is 376 g/mol. The van der Waals surface area contributed by atoms with E-state index in [4.69, 9.17) is 4.42 Å². The van der Waals surface area contributed by atoms with E-state index in [1.807, 2.05) is 30.3 Å². The number of nitrogens with zero attached hydrogens (tertiary/aromatic N) is 2. The van der Waals surface area contributed by atoms with Crippen molar-refractivity contribution in [3.8, 4) is 0 Å². The molecule has 0 fully saturated rings. The highest BCUT2D eigenvalue weighted by Gasteiger charge is 2.41. The van der Waals surface area contributed by atoms with Crippen LogP contribution in [0.5, 0.6) is 0 Å². The van der Waals surface area contributed by atoms with Crippen molar-refractivity contribution in [1.29, 1.82) is 0 Å². The van der Waals surface area contributed by atoms with Crippen molar-refractivity contribution in [3.63, 3.8) is 0 Å². The molecular weight excluding hydrogens is 359 g/mol. The van der Waals surface area contributed by atoms with Crippen molar-refractivity contribution in [1.82, 2.24) is 4.90 Å². The van der Waals surface area contributed by atoms with Crippen LogP contribution in [0.3, 0.4) is 0 Å². The Bertz CT molecular complexity index is 1040. The Kier molecular flexibility index (Phi) is 4.53. The maximum atomic E-state index is 13.4. The summed E-state index contributed by atoms with van der Waals surface area (Å²) in [6, 6.07) is 18.2. The van der Waals surface area contributed by atoms with Gasteiger partial charge in [0.25, 0.3) is 11.8 Å². The molecule has 1 aliphatic heterocycles. The van der Waals surface area contributed by atoms with E-state index in [-0.39, 0.29) is 17.8 Å². The highest BCUT2D eigenvalue weighted by atomic mass is 19.1. The van der Waals surface area contributed by atoms with Gasteiger partial charge in [-0.2, -0.15) is 0 Å². The Morgan fingerprint density at radius 3 is 2.29 bits per heavy atom. The molecule has 0 N–H and O–H groups in total. The monoisotopic (exact) mass is 376 g/mol. The van der Waals surface area contributed by atoms with Crippen LogP contribution >= 0.6 is 0 Å². The van der Waals surface area contributed by atoms with Gasteiger partial charge in [0.1, 0.15) is 17.3 Å². The van der Waals surface area contributed by atoms with Crippen molar-refractivity contribution in [2.75, 3.05) is 11.9 Å². The van der Waals surface area contributed by atoms with Gasteiger partial charge in [0, 0.05) is 12.7 Å². The van der Waals surface area contributed by atoms with Crippen LogP contribution in [0.25, 0.3) is 5.57 Å². The molecule has 0 saturated heterocycles. The van der Waals surface area contributed by atoms with Gasteiger partial charge in [0.2, 0.25) is 0 Å². The molecule has 2 amide bonds. The molecule has 0 aliphatic carbocycles. The van der Waals surface area contributed by atoms with Crippen molar-refractivity contribution >= 4 is 23.1 Å². The van der Waals surface area contributed by atoms with Crippen molar-refractivity contribution in [3.05, 3.63) is 95.8 Å². The minimum Gasteiger partial charge on any atom is -0.467 e. The number of furan rings is 1. The summed E-state index contributed by atoms with van der Waals surface area (Å²) in [5, 5.41) is 0. The van der Waals surface area contributed by atoms with Gasteiger partial charge in [-0.25, -0.2) is 4.39 Å². The highest BCUT2D eigenvalue weighted by molar-refractivity contribution is 6.36. The standard InChI is InChI=1S/C22H17FN2O3/c1-24(17-6-3-2-4-7-17)20-19(15-9-11-16(23)12-10-15)21(26)25(22(20)27)14-18-8-5-13-28-18/h2-13H,14H2,1H3. The summed E-state index contributed by atoms with van der Waals surface area (Å²) in [4.78, 5) is 29.2. The summed E-state index contributed by atoms with van der Waals surface area (Å²) in [5.41, 5.74) is 1.73. The molecule has 5 nitrogen and oxygen atoms in total. The number of likely N-dealkylation sites (N-methyl/N-ethyl adjacent to an activating group) is 1. The molecule has 0 bridgehead atoms. The third kappa shape index (κ3) is 3.09. The van der Waals surface area contributed by atoms with Gasteiger partial charge in [-0.15, -0.1) is 0 Å². The van der Waals surface area contributed by atoms with Crippen LogP contribution in [0.1, 0.15) is 11.3 Å². The van der Waals surface area contributed by atoms with Gasteiger partial charge in [-0.3, -0.25) is 14.5 Å². The van der Waals surface area contributed by atoms with Gasteiger partial charge < -0.3 is 9.32 Å². The molecule has 28 heavy (non-hydrogen) atoms. The largest absolute Gasteiger partial charge is 0.467 e. The van der Waals surface area contributed by atoms with E-state index in [0.717, 1.165) is 10.6 Å². The van der Waals surface area contributed by atoms with Crippen LogP contribution in [-0.2, 0) is 16.1 Å². The minimum atomic E-state index is -0.439. The number of imide groups is 1. The third-order valence-electron chi connectivity index (χ3n) is 4.65. The van der Waals surface area contributed by atoms with Crippen LogP contribution in [-0.4, -0.2) is 23.8 Å². The first-order valence-electron chi connectivity index (χ1n) is 8.74. The van der Waals surface area contributed by atoms with E-state index in [1.54, 1.807) is 24.1 Å². The number of anilines is 1. The maximum Gasteiger partial charge on any atom is 0.278 e. The Hall–Kier alpha value is -3.67. The lowest BCUT2D eigenvalue weighted by molar-refractivity contribution is -0.137. The number of carbonyl (C=O) groups excluding carboxylic acids is 2. The summed E-state index contributed by atoms with van der Waals surface area (Å²) < 4.78 is 18.7. The Balaban J connectivity index is 1.80. The van der Waals surface area contributed by atoms with E-state index in [9.17, 15) is 14.0 Å². The molecule has 3 aromatic rings. The molecule has 0 atom stereocenters. The van der Waals surface area contributed by atoms with Crippen LogP contribution < -0.4 is 4.90 Å². The molecule has 4 rings (SSSR count). The number of para-hydroxylation sites is 1. The number of rotatable bonds is 5. The molecule has 0 saturated carbocycles. The quantitative estimate of drug-likeness (QED) is 0.635. The molecule has 0 radical (unpaired) electrons. The molecule has 2 heterocycles. The van der Waals surface area contributed by atoms with E-state index in [0.29, 0.717) is 11.3 Å². The maximum absolute atomic E-state index is 13.4. The third-order valence-corrected chi connectivity index (χ3v) is 4.65. The van der Waals surface area contributed by atoms with Crippen LogP contribution in [0, 0.1) is 5.82 Å². The second-order valence-electron chi connectivity index (χ2n) is 6.40. The lowest BCUT2D eigenvalue weighted by Gasteiger charge is -2.21. The number of amides is 2. The molecule has 1 aromatic heterocycles. The lowest BCUT2D eigenvalue weighted by Crippen LogP contribution is -2.33. The first-order chi connectivity index (χ1) is 13.6. The SMILES string of the molecule is CN(C1=C(c2ccc(F)cc2)C(=O)N(Cc2ccco2)C1=O)c1ccccc1.